The molecule has 0 radical (unpaired) electrons. The maximum absolute atomic E-state index is 13.2. The first-order chi connectivity index (χ1) is 8.69. The lowest BCUT2D eigenvalue weighted by atomic mass is 10.0. The van der Waals surface area contributed by atoms with Gasteiger partial charge < -0.3 is 15.4 Å². The van der Waals surface area contributed by atoms with E-state index in [1.807, 2.05) is 0 Å². The second-order valence-electron chi connectivity index (χ2n) is 4.46. The van der Waals surface area contributed by atoms with Crippen molar-refractivity contribution >= 4 is 11.6 Å². The van der Waals surface area contributed by atoms with Crippen LogP contribution in [0.3, 0.4) is 0 Å². The van der Waals surface area contributed by atoms with Crippen LogP contribution in [0.1, 0.15) is 12.8 Å². The van der Waals surface area contributed by atoms with Gasteiger partial charge in [-0.2, -0.15) is 0 Å². The maximum Gasteiger partial charge on any atom is 0.224 e. The number of ether oxygens (including phenoxy) is 1. The first kappa shape index (κ1) is 12.8. The highest BCUT2D eigenvalue weighted by atomic mass is 19.1. The molecular formula is C13H17FN2O2. The number of amides is 1. The molecule has 1 fully saturated rings. The first-order valence-electron chi connectivity index (χ1n) is 6.03. The lowest BCUT2D eigenvalue weighted by Crippen LogP contribution is -2.18. The first-order valence-corrected chi connectivity index (χ1v) is 6.03. The van der Waals surface area contributed by atoms with E-state index < -0.39 is 5.82 Å². The Labute approximate surface area is 106 Å². The summed E-state index contributed by atoms with van der Waals surface area (Å²) in [6.45, 7) is 1.86. The zero-order chi connectivity index (χ0) is 13.0. The molecule has 0 bridgehead atoms. The molecule has 2 N–H and O–H groups in total. The number of carbonyl (C=O) groups is 1. The fraction of sp³-hybridized carbons (Fsp3) is 0.462. The number of rotatable bonds is 4. The normalized spacial score (nSPS) is 18.7. The molecule has 1 atom stereocenters. The number of hydrogen-bond acceptors (Lipinski definition) is 3. The molecule has 0 spiro atoms. The van der Waals surface area contributed by atoms with Crippen molar-refractivity contribution in [3.63, 3.8) is 0 Å². The highest BCUT2D eigenvalue weighted by Gasteiger charge is 2.18. The summed E-state index contributed by atoms with van der Waals surface area (Å²) in [6.07, 6.45) is 1.52. The summed E-state index contributed by atoms with van der Waals surface area (Å²) in [5, 5.41) is 5.98. The minimum atomic E-state index is -0.435. The topological polar surface area (TPSA) is 50.4 Å². The number of carbonyl (C=O) groups excluding carboxylic acids is 1. The molecule has 4 nitrogen and oxygen atoms in total. The Kier molecular flexibility index (Phi) is 4.15. The van der Waals surface area contributed by atoms with Crippen LogP contribution < -0.4 is 15.4 Å². The Balaban J connectivity index is 1.93. The summed E-state index contributed by atoms with van der Waals surface area (Å²) in [6, 6.07) is 4.30. The molecule has 1 aliphatic rings. The highest BCUT2D eigenvalue weighted by molar-refractivity contribution is 5.91. The minimum absolute atomic E-state index is 0.0441. The van der Waals surface area contributed by atoms with Gasteiger partial charge in [-0.15, -0.1) is 0 Å². The third-order valence-electron chi connectivity index (χ3n) is 3.07. The Hall–Kier alpha value is -1.62. The molecule has 2 rings (SSSR count). The van der Waals surface area contributed by atoms with E-state index >= 15 is 0 Å². The van der Waals surface area contributed by atoms with Gasteiger partial charge in [0, 0.05) is 18.2 Å². The van der Waals surface area contributed by atoms with E-state index in [1.54, 1.807) is 0 Å². The second-order valence-corrected chi connectivity index (χ2v) is 4.46. The summed E-state index contributed by atoms with van der Waals surface area (Å²) in [4.78, 5) is 11.8. The van der Waals surface area contributed by atoms with E-state index in [0.717, 1.165) is 19.5 Å². The van der Waals surface area contributed by atoms with Crippen molar-refractivity contribution in [3.05, 3.63) is 24.0 Å². The van der Waals surface area contributed by atoms with Crippen LogP contribution in [0, 0.1) is 11.7 Å². The summed E-state index contributed by atoms with van der Waals surface area (Å²) in [5.41, 5.74) is 0.559. The summed E-state index contributed by atoms with van der Waals surface area (Å²) in [5.74, 6) is 0.0514. The van der Waals surface area contributed by atoms with Gasteiger partial charge in [0.05, 0.1) is 7.11 Å². The van der Waals surface area contributed by atoms with E-state index in [0.29, 0.717) is 18.0 Å². The molecule has 1 aromatic carbocycles. The Bertz CT molecular complexity index is 431. The van der Waals surface area contributed by atoms with Crippen molar-refractivity contribution < 1.29 is 13.9 Å². The van der Waals surface area contributed by atoms with Crippen LogP contribution in [0.5, 0.6) is 5.75 Å². The lowest BCUT2D eigenvalue weighted by molar-refractivity contribution is -0.116. The van der Waals surface area contributed by atoms with Crippen molar-refractivity contribution in [2.75, 3.05) is 25.5 Å². The number of nitrogens with one attached hydrogen (secondary N) is 2. The molecule has 1 aromatic rings. The fourth-order valence-corrected chi connectivity index (χ4v) is 2.10. The molecule has 1 amide bonds. The second kappa shape index (κ2) is 5.82. The van der Waals surface area contributed by atoms with Crippen molar-refractivity contribution in [1.82, 2.24) is 5.32 Å². The van der Waals surface area contributed by atoms with Gasteiger partial charge in [-0.05, 0) is 37.6 Å². The van der Waals surface area contributed by atoms with Gasteiger partial charge in [0.15, 0.2) is 11.6 Å². The highest BCUT2D eigenvalue weighted by Crippen LogP contribution is 2.22. The van der Waals surface area contributed by atoms with Gasteiger partial charge in [0.2, 0.25) is 5.91 Å². The third-order valence-corrected chi connectivity index (χ3v) is 3.07. The number of methoxy groups -OCH3 is 1. The Morgan fingerprint density at radius 3 is 3.11 bits per heavy atom. The molecule has 98 valence electrons. The van der Waals surface area contributed by atoms with Crippen LogP contribution in [0.4, 0.5) is 10.1 Å². The van der Waals surface area contributed by atoms with Crippen LogP contribution in [-0.4, -0.2) is 26.1 Å². The Morgan fingerprint density at radius 2 is 2.44 bits per heavy atom. The molecule has 0 aromatic heterocycles. The quantitative estimate of drug-likeness (QED) is 0.858. The van der Waals surface area contributed by atoms with Crippen molar-refractivity contribution in [1.29, 1.82) is 0 Å². The van der Waals surface area contributed by atoms with Crippen LogP contribution >= 0.6 is 0 Å². The molecule has 1 saturated heterocycles. The predicted molar refractivity (Wildman–Crippen MR) is 67.2 cm³/mol. The van der Waals surface area contributed by atoms with Gasteiger partial charge in [0.25, 0.3) is 0 Å². The number of benzene rings is 1. The molecule has 0 aliphatic carbocycles. The van der Waals surface area contributed by atoms with Crippen molar-refractivity contribution in [2.24, 2.45) is 5.92 Å². The number of anilines is 1. The van der Waals surface area contributed by atoms with Crippen LogP contribution in [0.25, 0.3) is 0 Å². The van der Waals surface area contributed by atoms with Crippen molar-refractivity contribution in [2.45, 2.75) is 12.8 Å². The Morgan fingerprint density at radius 1 is 1.61 bits per heavy atom. The van der Waals surface area contributed by atoms with E-state index in [4.69, 9.17) is 4.74 Å². The van der Waals surface area contributed by atoms with Gasteiger partial charge in [-0.1, -0.05) is 0 Å². The molecule has 5 heteroatoms. The van der Waals surface area contributed by atoms with Crippen LogP contribution in [0.15, 0.2) is 18.2 Å². The van der Waals surface area contributed by atoms with E-state index in [-0.39, 0.29) is 11.7 Å². The average Bonchev–Trinajstić information content (AvgIpc) is 2.84. The monoisotopic (exact) mass is 252 g/mol. The molecule has 0 saturated carbocycles. The van der Waals surface area contributed by atoms with Crippen LogP contribution in [-0.2, 0) is 4.79 Å². The predicted octanol–water partition coefficient (Wildman–Crippen LogP) is 1.77. The van der Waals surface area contributed by atoms with E-state index in [9.17, 15) is 9.18 Å². The zero-order valence-electron chi connectivity index (χ0n) is 10.3. The summed E-state index contributed by atoms with van der Waals surface area (Å²) < 4.78 is 18.1. The zero-order valence-corrected chi connectivity index (χ0v) is 10.3. The van der Waals surface area contributed by atoms with E-state index in [2.05, 4.69) is 10.6 Å². The molecular weight excluding hydrogens is 235 g/mol. The van der Waals surface area contributed by atoms with E-state index in [1.165, 1.54) is 25.3 Å². The maximum atomic E-state index is 13.2. The molecule has 1 heterocycles. The SMILES string of the molecule is COc1cc(NC(=O)CC2CCNC2)ccc1F. The molecule has 1 aliphatic heterocycles. The van der Waals surface area contributed by atoms with Gasteiger partial charge in [-0.25, -0.2) is 4.39 Å². The summed E-state index contributed by atoms with van der Waals surface area (Å²) in [7, 11) is 1.40. The largest absolute Gasteiger partial charge is 0.494 e. The summed E-state index contributed by atoms with van der Waals surface area (Å²) >= 11 is 0. The molecule has 1 unspecified atom stereocenters. The van der Waals surface area contributed by atoms with Gasteiger partial charge >= 0.3 is 0 Å². The third kappa shape index (κ3) is 3.20. The smallest absolute Gasteiger partial charge is 0.224 e. The standard InChI is InChI=1S/C13H17FN2O2/c1-18-12-7-10(2-3-11(12)14)16-13(17)6-9-4-5-15-8-9/h2-3,7,9,15H,4-6,8H2,1H3,(H,16,17). The fourth-order valence-electron chi connectivity index (χ4n) is 2.10. The van der Waals surface area contributed by atoms with Crippen LogP contribution in [0.2, 0.25) is 0 Å². The minimum Gasteiger partial charge on any atom is -0.494 e. The lowest BCUT2D eigenvalue weighted by Gasteiger charge is -2.10. The number of hydrogen-bond donors (Lipinski definition) is 2. The van der Waals surface area contributed by atoms with Crippen molar-refractivity contribution in [3.8, 4) is 5.75 Å². The average molecular weight is 252 g/mol. The molecule has 18 heavy (non-hydrogen) atoms. The number of halogens is 1. The van der Waals surface area contributed by atoms with Gasteiger partial charge in [-0.3, -0.25) is 4.79 Å². The van der Waals surface area contributed by atoms with Gasteiger partial charge in [0.1, 0.15) is 0 Å².